The summed E-state index contributed by atoms with van der Waals surface area (Å²) in [5.41, 5.74) is 0. The number of rotatable bonds is 3. The van der Waals surface area contributed by atoms with Crippen LogP contribution in [0.2, 0.25) is 0 Å². The van der Waals surface area contributed by atoms with Crippen LogP contribution in [0.5, 0.6) is 0 Å². The largest absolute Gasteiger partial charge is 0.463 e. The normalized spacial score (nSPS) is 28.5. The molecule has 1 saturated heterocycles. The van der Waals surface area contributed by atoms with Gasteiger partial charge in [0.1, 0.15) is 0 Å². The lowest BCUT2D eigenvalue weighted by Gasteiger charge is -2.21. The molecule has 1 aliphatic heterocycles. The summed E-state index contributed by atoms with van der Waals surface area (Å²) in [6, 6.07) is 0. The van der Waals surface area contributed by atoms with Gasteiger partial charge < -0.3 is 14.2 Å². The average Bonchev–Trinajstić information content (AvgIpc) is 2.99. The van der Waals surface area contributed by atoms with Gasteiger partial charge in [0.05, 0.1) is 26.4 Å². The van der Waals surface area contributed by atoms with Crippen molar-refractivity contribution < 1.29 is 19.0 Å². The van der Waals surface area contributed by atoms with Crippen LogP contribution in [0, 0.1) is 5.92 Å². The molecule has 4 heteroatoms. The maximum Gasteiger partial charge on any atom is 0.337 e. The monoisotopic (exact) mass is 186 g/mol. The van der Waals surface area contributed by atoms with Crippen molar-refractivity contribution in [2.24, 2.45) is 5.92 Å². The highest BCUT2D eigenvalue weighted by atomic mass is 16.6. The zero-order valence-electron chi connectivity index (χ0n) is 7.53. The van der Waals surface area contributed by atoms with Crippen LogP contribution in [0.25, 0.3) is 0 Å². The van der Waals surface area contributed by atoms with Crippen molar-refractivity contribution >= 4 is 5.97 Å². The predicted octanol–water partition coefficient (Wildman–Crippen LogP) is 0.355. The first-order valence-electron chi connectivity index (χ1n) is 4.72. The van der Waals surface area contributed by atoms with E-state index in [2.05, 4.69) is 0 Å². The molecule has 0 amide bonds. The van der Waals surface area contributed by atoms with Gasteiger partial charge in [0.2, 0.25) is 0 Å². The van der Waals surface area contributed by atoms with Crippen LogP contribution in [-0.2, 0) is 19.0 Å². The lowest BCUT2D eigenvalue weighted by atomic mass is 10.3. The van der Waals surface area contributed by atoms with E-state index in [9.17, 15) is 4.79 Å². The van der Waals surface area contributed by atoms with Crippen LogP contribution >= 0.6 is 0 Å². The highest BCUT2D eigenvalue weighted by molar-refractivity contribution is 5.74. The van der Waals surface area contributed by atoms with E-state index in [1.165, 1.54) is 12.8 Å². The third-order valence-electron chi connectivity index (χ3n) is 2.24. The second kappa shape index (κ2) is 4.07. The highest BCUT2D eigenvalue weighted by Crippen LogP contribution is 2.28. The van der Waals surface area contributed by atoms with Gasteiger partial charge in [-0.05, 0) is 18.8 Å². The minimum Gasteiger partial charge on any atom is -0.463 e. The SMILES string of the molecule is O=C(OCC1CC1)C1COCCO1. The Kier molecular flexibility index (Phi) is 2.80. The first-order valence-corrected chi connectivity index (χ1v) is 4.72. The van der Waals surface area contributed by atoms with Crippen molar-refractivity contribution in [3.8, 4) is 0 Å². The zero-order chi connectivity index (χ0) is 9.10. The van der Waals surface area contributed by atoms with E-state index in [0.717, 1.165) is 0 Å². The summed E-state index contributed by atoms with van der Waals surface area (Å²) in [5, 5.41) is 0. The molecule has 0 bridgehead atoms. The van der Waals surface area contributed by atoms with Crippen molar-refractivity contribution in [2.75, 3.05) is 26.4 Å². The van der Waals surface area contributed by atoms with Gasteiger partial charge in [-0.2, -0.15) is 0 Å². The molecule has 1 saturated carbocycles. The first kappa shape index (κ1) is 8.97. The summed E-state index contributed by atoms with van der Waals surface area (Å²) in [7, 11) is 0. The number of ether oxygens (including phenoxy) is 3. The van der Waals surface area contributed by atoms with Crippen LogP contribution in [0.4, 0.5) is 0 Å². The molecule has 0 aromatic carbocycles. The molecular formula is C9H14O4. The number of esters is 1. The lowest BCUT2D eigenvalue weighted by Crippen LogP contribution is -2.36. The molecule has 1 unspecified atom stereocenters. The minimum atomic E-state index is -0.493. The first-order chi connectivity index (χ1) is 6.36. The Morgan fingerprint density at radius 3 is 2.85 bits per heavy atom. The van der Waals surface area contributed by atoms with Gasteiger partial charge in [-0.15, -0.1) is 0 Å². The van der Waals surface area contributed by atoms with E-state index in [0.29, 0.717) is 32.3 Å². The van der Waals surface area contributed by atoms with Crippen LogP contribution in [0.3, 0.4) is 0 Å². The summed E-state index contributed by atoms with van der Waals surface area (Å²) in [4.78, 5) is 11.3. The summed E-state index contributed by atoms with van der Waals surface area (Å²) in [6.45, 7) is 1.96. The van der Waals surface area contributed by atoms with E-state index < -0.39 is 6.10 Å². The fourth-order valence-corrected chi connectivity index (χ4v) is 1.20. The van der Waals surface area contributed by atoms with Gasteiger partial charge in [0, 0.05) is 0 Å². The molecule has 1 atom stereocenters. The molecule has 2 aliphatic rings. The quantitative estimate of drug-likeness (QED) is 0.597. The number of carbonyl (C=O) groups is 1. The van der Waals surface area contributed by atoms with E-state index in [1.807, 2.05) is 0 Å². The summed E-state index contributed by atoms with van der Waals surface area (Å²) in [6.07, 6.45) is 1.89. The van der Waals surface area contributed by atoms with E-state index >= 15 is 0 Å². The Labute approximate surface area is 77.1 Å². The van der Waals surface area contributed by atoms with Crippen LogP contribution in [0.15, 0.2) is 0 Å². The molecule has 1 aliphatic carbocycles. The highest BCUT2D eigenvalue weighted by Gasteiger charge is 2.27. The Balaban J connectivity index is 1.67. The van der Waals surface area contributed by atoms with Crippen molar-refractivity contribution in [1.29, 1.82) is 0 Å². The van der Waals surface area contributed by atoms with Crippen LogP contribution in [-0.4, -0.2) is 38.5 Å². The zero-order valence-corrected chi connectivity index (χ0v) is 7.53. The molecule has 0 N–H and O–H groups in total. The van der Waals surface area contributed by atoms with Crippen molar-refractivity contribution in [3.63, 3.8) is 0 Å². The fourth-order valence-electron chi connectivity index (χ4n) is 1.20. The second-order valence-corrected chi connectivity index (χ2v) is 3.51. The van der Waals surface area contributed by atoms with Gasteiger partial charge in [0.15, 0.2) is 6.10 Å². The molecule has 2 rings (SSSR count). The smallest absolute Gasteiger partial charge is 0.337 e. The Morgan fingerprint density at radius 2 is 2.23 bits per heavy atom. The maximum atomic E-state index is 11.3. The Bertz CT molecular complexity index is 182. The summed E-state index contributed by atoms with van der Waals surface area (Å²) >= 11 is 0. The van der Waals surface area contributed by atoms with Crippen molar-refractivity contribution in [3.05, 3.63) is 0 Å². The second-order valence-electron chi connectivity index (χ2n) is 3.51. The molecule has 74 valence electrons. The van der Waals surface area contributed by atoms with E-state index in [4.69, 9.17) is 14.2 Å². The minimum absolute atomic E-state index is 0.272. The topological polar surface area (TPSA) is 44.8 Å². The van der Waals surface area contributed by atoms with Gasteiger partial charge >= 0.3 is 5.97 Å². The lowest BCUT2D eigenvalue weighted by molar-refractivity contribution is -0.171. The standard InChI is InChI=1S/C9H14O4/c10-9(13-5-7-1-2-7)8-6-11-3-4-12-8/h7-8H,1-6H2. The molecule has 4 nitrogen and oxygen atoms in total. The summed E-state index contributed by atoms with van der Waals surface area (Å²) < 4.78 is 15.4. The molecule has 13 heavy (non-hydrogen) atoms. The van der Waals surface area contributed by atoms with Crippen LogP contribution in [0.1, 0.15) is 12.8 Å². The van der Waals surface area contributed by atoms with Gasteiger partial charge in [-0.25, -0.2) is 4.79 Å². The molecule has 0 aromatic rings. The van der Waals surface area contributed by atoms with E-state index in [1.54, 1.807) is 0 Å². The maximum absolute atomic E-state index is 11.3. The van der Waals surface area contributed by atoms with Crippen LogP contribution < -0.4 is 0 Å². The van der Waals surface area contributed by atoms with E-state index in [-0.39, 0.29) is 5.97 Å². The Morgan fingerprint density at radius 1 is 1.38 bits per heavy atom. The Hall–Kier alpha value is -0.610. The average molecular weight is 186 g/mol. The number of hydrogen-bond donors (Lipinski definition) is 0. The van der Waals surface area contributed by atoms with Crippen molar-refractivity contribution in [2.45, 2.75) is 18.9 Å². The third kappa shape index (κ3) is 2.67. The third-order valence-corrected chi connectivity index (χ3v) is 2.24. The summed E-state index contributed by atoms with van der Waals surface area (Å²) in [5.74, 6) is 0.333. The molecule has 0 radical (unpaired) electrons. The predicted molar refractivity (Wildman–Crippen MR) is 44.2 cm³/mol. The number of hydrogen-bond acceptors (Lipinski definition) is 4. The number of carbonyl (C=O) groups excluding carboxylic acids is 1. The van der Waals surface area contributed by atoms with Gasteiger partial charge in [-0.1, -0.05) is 0 Å². The fraction of sp³-hybridized carbons (Fsp3) is 0.889. The molecule has 2 fully saturated rings. The van der Waals surface area contributed by atoms with Gasteiger partial charge in [-0.3, -0.25) is 0 Å². The van der Waals surface area contributed by atoms with Gasteiger partial charge in [0.25, 0.3) is 0 Å². The molecular weight excluding hydrogens is 172 g/mol. The molecule has 1 heterocycles. The molecule has 0 spiro atoms. The van der Waals surface area contributed by atoms with Crippen molar-refractivity contribution in [1.82, 2.24) is 0 Å². The molecule has 0 aromatic heterocycles.